The molecule has 0 aromatic heterocycles. The number of carboxylic acid groups (broad SMARTS) is 1. The Morgan fingerprint density at radius 1 is 1.40 bits per heavy atom. The predicted octanol–water partition coefficient (Wildman–Crippen LogP) is 0.556. The van der Waals surface area contributed by atoms with E-state index in [9.17, 15) is 4.79 Å². The van der Waals surface area contributed by atoms with E-state index < -0.39 is 12.0 Å². The van der Waals surface area contributed by atoms with Crippen molar-refractivity contribution in [1.29, 1.82) is 0 Å². The number of rotatable bonds is 2. The molecule has 2 atom stereocenters. The Morgan fingerprint density at radius 3 is 2.87 bits per heavy atom. The monoisotopic (exact) mass is 271 g/mol. The third kappa shape index (κ3) is 2.18. The molecule has 1 aliphatic heterocycles. The highest BCUT2D eigenvalue weighted by molar-refractivity contribution is 9.10. The topological polar surface area (TPSA) is 73.4 Å². The Bertz CT molecular complexity index is 385. The standard InChI is InChI=1S/C9H10BrN3O2/c10-6-3-1-2-5(4-6)7-8(9(14)15)12-13-11-7/h1-4,7-8,11-13H,(H,14,15). The summed E-state index contributed by atoms with van der Waals surface area (Å²) >= 11 is 3.35. The Labute approximate surface area is 94.9 Å². The summed E-state index contributed by atoms with van der Waals surface area (Å²) in [5, 5.41) is 8.96. The Hall–Kier alpha value is -0.950. The molecule has 6 heteroatoms. The lowest BCUT2D eigenvalue weighted by atomic mass is 10.0. The van der Waals surface area contributed by atoms with Crippen molar-refractivity contribution in [3.8, 4) is 0 Å². The maximum absolute atomic E-state index is 10.9. The Balaban J connectivity index is 2.26. The SMILES string of the molecule is O=C(O)C1NNNC1c1cccc(Br)c1. The highest BCUT2D eigenvalue weighted by atomic mass is 79.9. The molecule has 2 rings (SSSR count). The van der Waals surface area contributed by atoms with Crippen molar-refractivity contribution in [3.05, 3.63) is 34.3 Å². The maximum Gasteiger partial charge on any atom is 0.324 e. The number of nitrogens with one attached hydrogen (secondary N) is 3. The minimum absolute atomic E-state index is 0.278. The predicted molar refractivity (Wildman–Crippen MR) is 57.7 cm³/mol. The van der Waals surface area contributed by atoms with Crippen molar-refractivity contribution >= 4 is 21.9 Å². The summed E-state index contributed by atoms with van der Waals surface area (Å²) in [7, 11) is 0. The number of benzene rings is 1. The van der Waals surface area contributed by atoms with Crippen LogP contribution in [0.15, 0.2) is 28.7 Å². The van der Waals surface area contributed by atoms with Gasteiger partial charge in [-0.15, -0.1) is 0 Å². The number of aliphatic carboxylic acids is 1. The van der Waals surface area contributed by atoms with E-state index in [1.807, 2.05) is 24.3 Å². The van der Waals surface area contributed by atoms with Crippen molar-refractivity contribution in [2.45, 2.75) is 12.1 Å². The van der Waals surface area contributed by atoms with Crippen LogP contribution in [0.1, 0.15) is 11.6 Å². The third-order valence-corrected chi connectivity index (χ3v) is 2.76. The van der Waals surface area contributed by atoms with Gasteiger partial charge in [0.05, 0.1) is 6.04 Å². The number of halogens is 1. The minimum Gasteiger partial charge on any atom is -0.480 e. The number of carbonyl (C=O) groups is 1. The van der Waals surface area contributed by atoms with Gasteiger partial charge in [0, 0.05) is 4.47 Å². The van der Waals surface area contributed by atoms with Crippen molar-refractivity contribution < 1.29 is 9.90 Å². The van der Waals surface area contributed by atoms with E-state index in [-0.39, 0.29) is 6.04 Å². The number of hydrogen-bond donors (Lipinski definition) is 4. The van der Waals surface area contributed by atoms with Crippen LogP contribution in [-0.4, -0.2) is 17.1 Å². The van der Waals surface area contributed by atoms with Crippen LogP contribution in [0.4, 0.5) is 0 Å². The second-order valence-electron chi connectivity index (χ2n) is 3.26. The van der Waals surface area contributed by atoms with Gasteiger partial charge in [-0.2, -0.15) is 5.53 Å². The zero-order valence-electron chi connectivity index (χ0n) is 7.70. The van der Waals surface area contributed by atoms with Crippen molar-refractivity contribution in [2.24, 2.45) is 0 Å². The van der Waals surface area contributed by atoms with Gasteiger partial charge in [0.1, 0.15) is 6.04 Å². The van der Waals surface area contributed by atoms with Crippen LogP contribution < -0.4 is 16.4 Å². The first-order chi connectivity index (χ1) is 7.18. The van der Waals surface area contributed by atoms with Crippen LogP contribution in [0.25, 0.3) is 0 Å². The van der Waals surface area contributed by atoms with Gasteiger partial charge >= 0.3 is 5.97 Å². The molecule has 0 amide bonds. The summed E-state index contributed by atoms with van der Waals surface area (Å²) in [6.07, 6.45) is 0. The molecule has 1 heterocycles. The normalized spacial score (nSPS) is 25.4. The molecule has 1 saturated heterocycles. The fraction of sp³-hybridized carbons (Fsp3) is 0.222. The molecule has 1 aliphatic rings. The highest BCUT2D eigenvalue weighted by Gasteiger charge is 2.33. The summed E-state index contributed by atoms with van der Waals surface area (Å²) in [5.74, 6) is -0.891. The maximum atomic E-state index is 10.9. The van der Waals surface area contributed by atoms with Gasteiger partial charge in [-0.3, -0.25) is 4.79 Å². The molecule has 1 aromatic carbocycles. The van der Waals surface area contributed by atoms with E-state index >= 15 is 0 Å². The number of hydrogen-bond acceptors (Lipinski definition) is 4. The van der Waals surface area contributed by atoms with E-state index in [4.69, 9.17) is 5.11 Å². The first-order valence-corrected chi connectivity index (χ1v) is 5.22. The lowest BCUT2D eigenvalue weighted by molar-refractivity contribution is -0.139. The molecule has 4 N–H and O–H groups in total. The summed E-state index contributed by atoms with van der Waals surface area (Å²) < 4.78 is 0.929. The molecular formula is C9H10BrN3O2. The zero-order chi connectivity index (χ0) is 10.8. The van der Waals surface area contributed by atoms with Crippen LogP contribution in [-0.2, 0) is 4.79 Å². The lowest BCUT2D eigenvalue weighted by Crippen LogP contribution is -2.38. The third-order valence-electron chi connectivity index (χ3n) is 2.26. The zero-order valence-corrected chi connectivity index (χ0v) is 9.28. The number of carboxylic acids is 1. The van der Waals surface area contributed by atoms with Crippen LogP contribution >= 0.6 is 15.9 Å². The average Bonchev–Trinajstić information content (AvgIpc) is 2.65. The molecule has 80 valence electrons. The van der Waals surface area contributed by atoms with Gasteiger partial charge in [-0.25, -0.2) is 10.9 Å². The van der Waals surface area contributed by atoms with E-state index in [0.29, 0.717) is 0 Å². The molecule has 1 aromatic rings. The molecular weight excluding hydrogens is 262 g/mol. The van der Waals surface area contributed by atoms with Crippen LogP contribution in [0, 0.1) is 0 Å². The Morgan fingerprint density at radius 2 is 2.20 bits per heavy atom. The smallest absolute Gasteiger partial charge is 0.324 e. The van der Waals surface area contributed by atoms with Gasteiger partial charge in [0.15, 0.2) is 0 Å². The van der Waals surface area contributed by atoms with E-state index in [1.165, 1.54) is 0 Å². The molecule has 0 radical (unpaired) electrons. The first kappa shape index (κ1) is 10.6. The van der Waals surface area contributed by atoms with E-state index in [0.717, 1.165) is 10.0 Å². The molecule has 0 bridgehead atoms. The first-order valence-electron chi connectivity index (χ1n) is 4.43. The lowest BCUT2D eigenvalue weighted by Gasteiger charge is -2.14. The summed E-state index contributed by atoms with van der Waals surface area (Å²) in [5.41, 5.74) is 9.05. The van der Waals surface area contributed by atoms with E-state index in [1.54, 1.807) is 0 Å². The highest BCUT2D eigenvalue weighted by Crippen LogP contribution is 2.22. The second kappa shape index (κ2) is 4.28. The Kier molecular flexibility index (Phi) is 3.01. The van der Waals surface area contributed by atoms with Gasteiger partial charge in [-0.1, -0.05) is 28.1 Å². The molecule has 0 spiro atoms. The molecule has 2 unspecified atom stereocenters. The van der Waals surface area contributed by atoms with E-state index in [2.05, 4.69) is 32.3 Å². The molecule has 0 saturated carbocycles. The van der Waals surface area contributed by atoms with Gasteiger partial charge < -0.3 is 5.11 Å². The summed E-state index contributed by atoms with van der Waals surface area (Å²) in [4.78, 5) is 10.9. The van der Waals surface area contributed by atoms with Gasteiger partial charge in [-0.05, 0) is 17.7 Å². The molecule has 5 nitrogen and oxygen atoms in total. The second-order valence-corrected chi connectivity index (χ2v) is 4.18. The van der Waals surface area contributed by atoms with Crippen LogP contribution in [0.5, 0.6) is 0 Å². The van der Waals surface area contributed by atoms with Gasteiger partial charge in [0.2, 0.25) is 0 Å². The largest absolute Gasteiger partial charge is 0.480 e. The summed E-state index contributed by atoms with van der Waals surface area (Å²) in [6.45, 7) is 0. The molecule has 15 heavy (non-hydrogen) atoms. The quantitative estimate of drug-likeness (QED) is 0.633. The van der Waals surface area contributed by atoms with Gasteiger partial charge in [0.25, 0.3) is 0 Å². The summed E-state index contributed by atoms with van der Waals surface area (Å²) in [6, 6.07) is 6.60. The van der Waals surface area contributed by atoms with Crippen LogP contribution in [0.3, 0.4) is 0 Å². The fourth-order valence-corrected chi connectivity index (χ4v) is 1.96. The van der Waals surface area contributed by atoms with Crippen molar-refractivity contribution in [1.82, 2.24) is 16.4 Å². The molecule has 1 fully saturated rings. The number of hydrazine groups is 2. The van der Waals surface area contributed by atoms with Crippen molar-refractivity contribution in [3.63, 3.8) is 0 Å². The molecule has 0 aliphatic carbocycles. The fourth-order valence-electron chi connectivity index (χ4n) is 1.54. The van der Waals surface area contributed by atoms with Crippen LogP contribution in [0.2, 0.25) is 0 Å². The minimum atomic E-state index is -0.891. The van der Waals surface area contributed by atoms with Crippen molar-refractivity contribution in [2.75, 3.05) is 0 Å². The average molecular weight is 272 g/mol.